The number of sulfonamides is 1. The summed E-state index contributed by atoms with van der Waals surface area (Å²) in [6.45, 7) is 5.47. The van der Waals surface area contributed by atoms with Gasteiger partial charge in [-0.1, -0.05) is 6.07 Å². The van der Waals surface area contributed by atoms with E-state index < -0.39 is 10.0 Å². The molecule has 0 unspecified atom stereocenters. The van der Waals surface area contributed by atoms with Crippen molar-refractivity contribution >= 4 is 21.6 Å². The van der Waals surface area contributed by atoms with Gasteiger partial charge in [0.15, 0.2) is 6.61 Å². The Balaban J connectivity index is 2.19. The summed E-state index contributed by atoms with van der Waals surface area (Å²) in [4.78, 5) is 13.2. The van der Waals surface area contributed by atoms with Crippen LogP contribution in [-0.4, -0.2) is 39.9 Å². The molecule has 2 aromatic carbocycles. The normalized spacial score (nSPS) is 11.1. The number of ether oxygens (including phenoxy) is 1. The van der Waals surface area contributed by atoms with E-state index in [1.165, 1.54) is 17.0 Å². The molecule has 0 aliphatic heterocycles. The molecule has 0 saturated heterocycles. The van der Waals surface area contributed by atoms with E-state index in [2.05, 4.69) is 4.72 Å². The maximum absolute atomic E-state index is 12.6. The monoisotopic (exact) mass is 376 g/mol. The van der Waals surface area contributed by atoms with Crippen molar-refractivity contribution < 1.29 is 17.9 Å². The summed E-state index contributed by atoms with van der Waals surface area (Å²) in [6.07, 6.45) is 0. The van der Waals surface area contributed by atoms with Crippen molar-refractivity contribution in [1.29, 1.82) is 0 Å². The van der Waals surface area contributed by atoms with Gasteiger partial charge in [0.05, 0.1) is 4.90 Å². The van der Waals surface area contributed by atoms with Gasteiger partial charge in [0.1, 0.15) is 5.75 Å². The zero-order valence-electron chi connectivity index (χ0n) is 15.7. The molecule has 6 nitrogen and oxygen atoms in total. The van der Waals surface area contributed by atoms with Crippen LogP contribution in [0.3, 0.4) is 0 Å². The average Bonchev–Trinajstić information content (AvgIpc) is 2.51. The highest BCUT2D eigenvalue weighted by Crippen LogP contribution is 2.24. The Kier molecular flexibility index (Phi) is 5.92. The predicted octanol–water partition coefficient (Wildman–Crippen LogP) is 2.88. The van der Waals surface area contributed by atoms with Crippen molar-refractivity contribution in [1.82, 2.24) is 4.90 Å². The second-order valence-corrected chi connectivity index (χ2v) is 8.17. The molecule has 0 aliphatic rings. The SMILES string of the molecule is Cc1cc(C)cc(NS(=O)(=O)c2ccc(OCC(=O)N(C)C)c(C)c2)c1. The Bertz CT molecular complexity index is 901. The molecule has 0 bridgehead atoms. The molecular formula is C19H24N2O4S. The number of nitrogens with one attached hydrogen (secondary N) is 1. The summed E-state index contributed by atoms with van der Waals surface area (Å²) in [5.74, 6) is 0.308. The van der Waals surface area contributed by atoms with Crippen molar-refractivity contribution in [3.05, 3.63) is 53.1 Å². The van der Waals surface area contributed by atoms with Crippen LogP contribution < -0.4 is 9.46 Å². The number of carbonyl (C=O) groups excluding carboxylic acids is 1. The van der Waals surface area contributed by atoms with Gasteiger partial charge in [0.2, 0.25) is 0 Å². The highest BCUT2D eigenvalue weighted by molar-refractivity contribution is 7.92. The lowest BCUT2D eigenvalue weighted by Crippen LogP contribution is -2.27. The van der Waals surface area contributed by atoms with Crippen molar-refractivity contribution in [2.24, 2.45) is 0 Å². The highest BCUT2D eigenvalue weighted by atomic mass is 32.2. The third-order valence-corrected chi connectivity index (χ3v) is 5.16. The van der Waals surface area contributed by atoms with Gasteiger partial charge in [0, 0.05) is 19.8 Å². The molecular weight excluding hydrogens is 352 g/mol. The molecule has 140 valence electrons. The summed E-state index contributed by atoms with van der Waals surface area (Å²) in [5, 5.41) is 0. The molecule has 2 rings (SSSR count). The molecule has 1 N–H and O–H groups in total. The second-order valence-electron chi connectivity index (χ2n) is 6.49. The lowest BCUT2D eigenvalue weighted by Gasteiger charge is -2.14. The Morgan fingerprint density at radius 3 is 2.19 bits per heavy atom. The topological polar surface area (TPSA) is 75.7 Å². The standard InChI is InChI=1S/C19H24N2O4S/c1-13-8-14(2)10-16(9-13)20-26(23,24)17-6-7-18(15(3)11-17)25-12-19(22)21(4)5/h6-11,20H,12H2,1-5H3. The van der Waals surface area contributed by atoms with Crippen LogP contribution in [0.5, 0.6) is 5.75 Å². The lowest BCUT2D eigenvalue weighted by atomic mass is 10.1. The van der Waals surface area contributed by atoms with Crippen molar-refractivity contribution in [2.75, 3.05) is 25.4 Å². The summed E-state index contributed by atoms with van der Waals surface area (Å²) >= 11 is 0. The predicted molar refractivity (Wildman–Crippen MR) is 102 cm³/mol. The molecule has 0 radical (unpaired) electrons. The van der Waals surface area contributed by atoms with Crippen LogP contribution in [-0.2, 0) is 14.8 Å². The molecule has 1 amide bonds. The molecule has 0 aromatic heterocycles. The molecule has 0 saturated carbocycles. The van der Waals surface area contributed by atoms with Gasteiger partial charge >= 0.3 is 0 Å². The number of likely N-dealkylation sites (N-methyl/N-ethyl adjacent to an activating group) is 1. The first-order valence-corrected chi connectivity index (χ1v) is 9.61. The summed E-state index contributed by atoms with van der Waals surface area (Å²) in [7, 11) is -0.420. The van der Waals surface area contributed by atoms with Gasteiger partial charge in [-0.15, -0.1) is 0 Å². The number of hydrogen-bond donors (Lipinski definition) is 1. The number of nitrogens with zero attached hydrogens (tertiary/aromatic N) is 1. The summed E-state index contributed by atoms with van der Waals surface area (Å²) < 4.78 is 33.3. The van der Waals surface area contributed by atoms with Gasteiger partial charge in [-0.3, -0.25) is 9.52 Å². The first-order chi connectivity index (χ1) is 12.1. The van der Waals surface area contributed by atoms with Gasteiger partial charge in [-0.2, -0.15) is 0 Å². The van der Waals surface area contributed by atoms with Crippen LogP contribution in [0.1, 0.15) is 16.7 Å². The zero-order valence-corrected chi connectivity index (χ0v) is 16.5. The van der Waals surface area contributed by atoms with Crippen LogP contribution >= 0.6 is 0 Å². The van der Waals surface area contributed by atoms with E-state index in [4.69, 9.17) is 4.74 Å². The van der Waals surface area contributed by atoms with E-state index >= 15 is 0 Å². The van der Waals surface area contributed by atoms with Gasteiger partial charge in [0.25, 0.3) is 15.9 Å². The number of amides is 1. The minimum atomic E-state index is -3.71. The average molecular weight is 376 g/mol. The van der Waals surface area contributed by atoms with E-state index in [0.717, 1.165) is 11.1 Å². The second kappa shape index (κ2) is 7.78. The maximum atomic E-state index is 12.6. The van der Waals surface area contributed by atoms with E-state index in [9.17, 15) is 13.2 Å². The number of aryl methyl sites for hydroxylation is 3. The number of carbonyl (C=O) groups is 1. The molecule has 0 fully saturated rings. The fourth-order valence-electron chi connectivity index (χ4n) is 2.47. The van der Waals surface area contributed by atoms with Crippen molar-refractivity contribution in [3.8, 4) is 5.75 Å². The third-order valence-electron chi connectivity index (χ3n) is 3.78. The Hall–Kier alpha value is -2.54. The molecule has 26 heavy (non-hydrogen) atoms. The fraction of sp³-hybridized carbons (Fsp3) is 0.316. The minimum absolute atomic E-state index is 0.0965. The maximum Gasteiger partial charge on any atom is 0.261 e. The van der Waals surface area contributed by atoms with E-state index in [-0.39, 0.29) is 17.4 Å². The first kappa shape index (κ1) is 19.8. The Morgan fingerprint density at radius 2 is 1.65 bits per heavy atom. The van der Waals surface area contributed by atoms with Crippen LogP contribution in [0, 0.1) is 20.8 Å². The van der Waals surface area contributed by atoms with Crippen LogP contribution in [0.4, 0.5) is 5.69 Å². The van der Waals surface area contributed by atoms with Gasteiger partial charge in [-0.05, 0) is 67.8 Å². The van der Waals surface area contributed by atoms with Gasteiger partial charge in [-0.25, -0.2) is 8.42 Å². The number of benzene rings is 2. The number of rotatable bonds is 6. The van der Waals surface area contributed by atoms with Gasteiger partial charge < -0.3 is 9.64 Å². The van der Waals surface area contributed by atoms with Crippen molar-refractivity contribution in [2.45, 2.75) is 25.7 Å². The highest BCUT2D eigenvalue weighted by Gasteiger charge is 2.16. The number of hydrogen-bond acceptors (Lipinski definition) is 4. The van der Waals surface area contributed by atoms with E-state index in [1.807, 2.05) is 19.9 Å². The van der Waals surface area contributed by atoms with Crippen molar-refractivity contribution in [3.63, 3.8) is 0 Å². The molecule has 0 heterocycles. The Labute approximate surface area is 154 Å². The number of anilines is 1. The summed E-state index contributed by atoms with van der Waals surface area (Å²) in [5.41, 5.74) is 3.12. The summed E-state index contributed by atoms with van der Waals surface area (Å²) in [6, 6.07) is 10.1. The van der Waals surface area contributed by atoms with Crippen LogP contribution in [0.15, 0.2) is 41.3 Å². The fourth-order valence-corrected chi connectivity index (χ4v) is 3.59. The largest absolute Gasteiger partial charge is 0.483 e. The van der Waals surface area contributed by atoms with E-state index in [0.29, 0.717) is 17.0 Å². The molecule has 2 aromatic rings. The van der Waals surface area contributed by atoms with Crippen LogP contribution in [0.2, 0.25) is 0 Å². The molecule has 0 spiro atoms. The first-order valence-electron chi connectivity index (χ1n) is 8.13. The quantitative estimate of drug-likeness (QED) is 0.841. The van der Waals surface area contributed by atoms with Crippen LogP contribution in [0.25, 0.3) is 0 Å². The lowest BCUT2D eigenvalue weighted by molar-refractivity contribution is -0.130. The third kappa shape index (κ3) is 4.98. The Morgan fingerprint density at radius 1 is 1.04 bits per heavy atom. The molecule has 0 atom stereocenters. The smallest absolute Gasteiger partial charge is 0.261 e. The van der Waals surface area contributed by atoms with E-state index in [1.54, 1.807) is 39.2 Å². The molecule has 7 heteroatoms. The molecule has 0 aliphatic carbocycles. The zero-order chi connectivity index (χ0) is 19.5. The minimum Gasteiger partial charge on any atom is -0.483 e.